The lowest BCUT2D eigenvalue weighted by Gasteiger charge is -2.40. The van der Waals surface area contributed by atoms with E-state index in [1.54, 1.807) is 30.6 Å². The second-order valence-corrected chi connectivity index (χ2v) is 16.8. The van der Waals surface area contributed by atoms with Crippen LogP contribution >= 0.6 is 0 Å². The normalized spacial score (nSPS) is 21.1. The number of nitrogens with zero attached hydrogens (tertiary/aromatic N) is 5. The lowest BCUT2D eigenvalue weighted by molar-refractivity contribution is -0.140. The predicted molar refractivity (Wildman–Crippen MR) is 221 cm³/mol. The van der Waals surface area contributed by atoms with Crippen LogP contribution in [-0.2, 0) is 27.5 Å². The number of carbonyl (C=O) groups is 4. The number of hydrogen-bond acceptors (Lipinski definition) is 10. The van der Waals surface area contributed by atoms with Gasteiger partial charge in [-0.05, 0) is 106 Å². The molecule has 0 bridgehead atoms. The summed E-state index contributed by atoms with van der Waals surface area (Å²) in [5.74, 6) is -2.00. The van der Waals surface area contributed by atoms with Gasteiger partial charge in [0.25, 0.3) is 11.8 Å². The third-order valence-corrected chi connectivity index (χ3v) is 12.7. The maximum atomic E-state index is 14.3. The van der Waals surface area contributed by atoms with E-state index in [0.717, 1.165) is 97.4 Å². The van der Waals surface area contributed by atoms with Gasteiger partial charge in [0.1, 0.15) is 17.4 Å². The first kappa shape index (κ1) is 41.5. The molecule has 3 fully saturated rings. The summed E-state index contributed by atoms with van der Waals surface area (Å²) in [6.07, 6.45) is 6.84. The minimum Gasteiger partial charge on any atom is -0.494 e. The van der Waals surface area contributed by atoms with E-state index < -0.39 is 47.3 Å². The van der Waals surface area contributed by atoms with Crippen LogP contribution in [0.4, 0.5) is 13.2 Å². The Bertz CT molecular complexity index is 2550. The fourth-order valence-corrected chi connectivity index (χ4v) is 9.17. The van der Waals surface area contributed by atoms with Gasteiger partial charge in [0.15, 0.2) is 0 Å². The van der Waals surface area contributed by atoms with Crippen molar-refractivity contribution in [2.45, 2.75) is 82.2 Å². The number of halogens is 3. The molecule has 1 N–H and O–H groups in total. The average Bonchev–Trinajstić information content (AvgIpc) is 3.67. The van der Waals surface area contributed by atoms with Gasteiger partial charge in [0, 0.05) is 67.0 Å². The number of rotatable bonds is 14. The van der Waals surface area contributed by atoms with Gasteiger partial charge in [-0.3, -0.25) is 34.4 Å². The number of pyridine rings is 2. The molecule has 5 aromatic rings. The van der Waals surface area contributed by atoms with Crippen LogP contribution in [0.2, 0.25) is 0 Å². The molecular weight excluding hydrogens is 806 g/mol. The number of amides is 4. The molecule has 324 valence electrons. The number of imide groups is 2. The Morgan fingerprint density at radius 1 is 0.806 bits per heavy atom. The highest BCUT2D eigenvalue weighted by Gasteiger charge is 2.45. The molecule has 4 amide bonds. The Balaban J connectivity index is 0.669. The fourth-order valence-electron chi connectivity index (χ4n) is 9.17. The number of nitrogens with one attached hydrogen (secondary N) is 1. The van der Waals surface area contributed by atoms with Crippen molar-refractivity contribution in [3.63, 3.8) is 0 Å². The Morgan fingerprint density at radius 3 is 2.40 bits per heavy atom. The lowest BCUT2D eigenvalue weighted by Crippen LogP contribution is -2.54. The van der Waals surface area contributed by atoms with Crippen molar-refractivity contribution in [2.75, 3.05) is 32.8 Å². The SMILES string of the molecule is Cn1c2ccncc2c2ccc(-c3cnc(OCC4CC(OC5CCN(CCCCCOc6ccc7c(c6)C(=O)N(C6CCC(=O)NC6=O)C7=O)CC5)C4)c(C(F)(F)F)c3)cc21. The molecule has 3 aliphatic heterocycles. The van der Waals surface area contributed by atoms with Crippen molar-refractivity contribution in [1.82, 2.24) is 29.7 Å². The molecule has 9 rings (SSSR count). The van der Waals surface area contributed by atoms with E-state index in [0.29, 0.717) is 23.5 Å². The summed E-state index contributed by atoms with van der Waals surface area (Å²) in [5, 5.41) is 4.16. The van der Waals surface area contributed by atoms with Crippen molar-refractivity contribution in [1.29, 1.82) is 0 Å². The van der Waals surface area contributed by atoms with E-state index in [2.05, 4.69) is 20.2 Å². The second-order valence-electron chi connectivity index (χ2n) is 16.8. The number of benzene rings is 2. The van der Waals surface area contributed by atoms with Gasteiger partial charge in [-0.15, -0.1) is 0 Å². The first-order chi connectivity index (χ1) is 29.9. The van der Waals surface area contributed by atoms with Gasteiger partial charge in [0.05, 0.1) is 42.1 Å². The van der Waals surface area contributed by atoms with E-state index in [9.17, 15) is 32.3 Å². The van der Waals surface area contributed by atoms with E-state index in [1.807, 2.05) is 35.9 Å². The molecule has 1 aliphatic carbocycles. The zero-order valence-corrected chi connectivity index (χ0v) is 34.3. The van der Waals surface area contributed by atoms with Gasteiger partial charge in [0.2, 0.25) is 17.7 Å². The van der Waals surface area contributed by atoms with Crippen LogP contribution in [-0.4, -0.2) is 99.1 Å². The summed E-state index contributed by atoms with van der Waals surface area (Å²) in [6, 6.07) is 12.4. The molecule has 2 saturated heterocycles. The minimum atomic E-state index is -4.63. The monoisotopic (exact) mass is 852 g/mol. The molecule has 62 heavy (non-hydrogen) atoms. The number of aryl methyl sites for hydroxylation is 1. The molecule has 0 spiro atoms. The van der Waals surface area contributed by atoms with Crippen molar-refractivity contribution in [3.8, 4) is 22.8 Å². The number of fused-ring (bicyclic) bond motifs is 4. The maximum Gasteiger partial charge on any atom is 0.421 e. The molecule has 13 nitrogen and oxygen atoms in total. The smallest absolute Gasteiger partial charge is 0.421 e. The first-order valence-corrected chi connectivity index (χ1v) is 21.3. The summed E-state index contributed by atoms with van der Waals surface area (Å²) in [6.45, 7) is 3.44. The number of aromatic nitrogens is 3. The number of ether oxygens (including phenoxy) is 3. The second kappa shape index (κ2) is 17.1. The van der Waals surface area contributed by atoms with E-state index >= 15 is 0 Å². The molecule has 6 heterocycles. The van der Waals surface area contributed by atoms with Gasteiger partial charge in [-0.1, -0.05) is 12.1 Å². The van der Waals surface area contributed by atoms with Gasteiger partial charge < -0.3 is 23.7 Å². The van der Waals surface area contributed by atoms with Gasteiger partial charge >= 0.3 is 6.18 Å². The maximum absolute atomic E-state index is 14.3. The first-order valence-electron chi connectivity index (χ1n) is 21.3. The number of hydrogen-bond donors (Lipinski definition) is 1. The van der Waals surface area contributed by atoms with E-state index in [1.165, 1.54) is 6.20 Å². The standard InChI is InChI=1S/C46H47F3N6O7/c1-53-38-11-14-50-25-36(38)33-7-5-28(22-40(33)53)29-21-37(46(47,48)49)43(51-24-29)61-26-27-19-32(20-27)62-30-12-16-54(17-13-30)15-3-2-4-18-60-31-6-8-34-35(23-31)45(59)55(44(34)58)39-9-10-41(56)52-42(39)57/h5-8,11,14,21-25,27,30,32,39H,2-4,9-10,12-13,15-20,26H2,1H3,(H,52,56,57). The van der Waals surface area contributed by atoms with Gasteiger partial charge in [-0.25, -0.2) is 4.98 Å². The Kier molecular flexibility index (Phi) is 11.5. The predicted octanol–water partition coefficient (Wildman–Crippen LogP) is 7.10. The molecular formula is C46H47F3N6O7. The van der Waals surface area contributed by atoms with Crippen LogP contribution in [0.5, 0.6) is 11.6 Å². The van der Waals surface area contributed by atoms with Gasteiger partial charge in [-0.2, -0.15) is 13.2 Å². The molecule has 1 unspecified atom stereocenters. The fraction of sp³-hybridized carbons (Fsp3) is 0.435. The molecule has 0 radical (unpaired) electrons. The zero-order valence-electron chi connectivity index (χ0n) is 34.3. The Morgan fingerprint density at radius 2 is 1.61 bits per heavy atom. The highest BCUT2D eigenvalue weighted by atomic mass is 19.4. The number of alkyl halides is 3. The summed E-state index contributed by atoms with van der Waals surface area (Å²) < 4.78 is 62.8. The third-order valence-electron chi connectivity index (χ3n) is 12.7. The Labute approximate surface area is 355 Å². The van der Waals surface area contributed by atoms with E-state index in [-0.39, 0.29) is 48.7 Å². The topological polar surface area (TPSA) is 145 Å². The largest absolute Gasteiger partial charge is 0.494 e. The van der Waals surface area contributed by atoms with Crippen molar-refractivity contribution in [3.05, 3.63) is 83.8 Å². The van der Waals surface area contributed by atoms with Crippen LogP contribution in [0.1, 0.15) is 84.1 Å². The van der Waals surface area contributed by atoms with E-state index in [4.69, 9.17) is 14.2 Å². The van der Waals surface area contributed by atoms with Crippen LogP contribution in [0.25, 0.3) is 32.9 Å². The lowest BCUT2D eigenvalue weighted by atomic mass is 9.82. The number of piperidine rings is 2. The number of carbonyl (C=O) groups excluding carboxylic acids is 4. The molecule has 1 saturated carbocycles. The van der Waals surface area contributed by atoms with Crippen molar-refractivity contribution < 1.29 is 46.6 Å². The molecule has 16 heteroatoms. The molecule has 2 aromatic carbocycles. The molecule has 3 aromatic heterocycles. The molecule has 1 atom stereocenters. The van der Waals surface area contributed by atoms with Crippen LogP contribution in [0.3, 0.4) is 0 Å². The number of unbranched alkanes of at least 4 members (excludes halogenated alkanes) is 2. The highest BCUT2D eigenvalue weighted by molar-refractivity contribution is 6.23. The zero-order chi connectivity index (χ0) is 43.1. The van der Waals surface area contributed by atoms with Crippen LogP contribution in [0, 0.1) is 5.92 Å². The summed E-state index contributed by atoms with van der Waals surface area (Å²) in [4.78, 5) is 61.6. The highest BCUT2D eigenvalue weighted by Crippen LogP contribution is 2.40. The minimum absolute atomic E-state index is 0.0646. The summed E-state index contributed by atoms with van der Waals surface area (Å²) >= 11 is 0. The van der Waals surface area contributed by atoms with Crippen LogP contribution < -0.4 is 14.8 Å². The third kappa shape index (κ3) is 8.37. The van der Waals surface area contributed by atoms with Crippen LogP contribution in [0.15, 0.2) is 67.1 Å². The Hall–Kier alpha value is -5.87. The average molecular weight is 853 g/mol. The summed E-state index contributed by atoms with van der Waals surface area (Å²) in [5.41, 5.74) is 2.40. The van der Waals surface area contributed by atoms with Crippen molar-refractivity contribution in [2.24, 2.45) is 13.0 Å². The summed E-state index contributed by atoms with van der Waals surface area (Å²) in [7, 11) is 1.93. The number of likely N-dealkylation sites (tertiary alicyclic amines) is 1. The molecule has 4 aliphatic rings. The van der Waals surface area contributed by atoms with Crippen molar-refractivity contribution >= 4 is 45.4 Å². The quantitative estimate of drug-likeness (QED) is 0.0908.